The van der Waals surface area contributed by atoms with E-state index in [-0.39, 0.29) is 11.8 Å². The van der Waals surface area contributed by atoms with Crippen molar-refractivity contribution in [1.82, 2.24) is 14.7 Å². The van der Waals surface area contributed by atoms with Crippen LogP contribution in [0.5, 0.6) is 0 Å². The molecular formula is C13H11N3O3. The number of nitrogens with zero attached hydrogens (tertiary/aromatic N) is 2. The standard InChI is InChI=1S/C13H11N3O3/c17-6-9-3-8(5-16-7-14-4-11(9)16)10-1-2-12(18)15-13(10)19/h3-7,10H,1-2H2,(H,15,18,19). The lowest BCUT2D eigenvalue weighted by Gasteiger charge is -2.21. The lowest BCUT2D eigenvalue weighted by molar-refractivity contribution is -0.134. The monoisotopic (exact) mass is 257 g/mol. The van der Waals surface area contributed by atoms with E-state index in [0.717, 1.165) is 11.8 Å². The molecule has 6 heteroatoms. The SMILES string of the molecule is O=Cc1cc(C2CCC(=O)NC2=O)cn2cncc12. The molecular weight excluding hydrogens is 246 g/mol. The summed E-state index contributed by atoms with van der Waals surface area (Å²) in [4.78, 5) is 38.0. The molecule has 1 fully saturated rings. The zero-order valence-electron chi connectivity index (χ0n) is 10.00. The number of piperidine rings is 1. The number of hydrogen-bond donors (Lipinski definition) is 1. The lowest BCUT2D eigenvalue weighted by atomic mass is 9.91. The van der Waals surface area contributed by atoms with Crippen molar-refractivity contribution in [2.75, 3.05) is 0 Å². The Balaban J connectivity index is 2.07. The molecule has 6 nitrogen and oxygen atoms in total. The summed E-state index contributed by atoms with van der Waals surface area (Å²) in [5, 5.41) is 2.32. The maximum Gasteiger partial charge on any atom is 0.234 e. The summed E-state index contributed by atoms with van der Waals surface area (Å²) in [5.41, 5.74) is 1.91. The van der Waals surface area contributed by atoms with Gasteiger partial charge in [0.15, 0.2) is 6.29 Å². The molecule has 1 aliphatic rings. The molecule has 0 bridgehead atoms. The van der Waals surface area contributed by atoms with Gasteiger partial charge in [0.2, 0.25) is 11.8 Å². The highest BCUT2D eigenvalue weighted by atomic mass is 16.2. The molecule has 19 heavy (non-hydrogen) atoms. The Hall–Kier alpha value is -2.50. The molecule has 0 radical (unpaired) electrons. The number of imidazole rings is 1. The topological polar surface area (TPSA) is 80.5 Å². The molecule has 2 amide bonds. The molecule has 3 heterocycles. The number of amides is 2. The van der Waals surface area contributed by atoms with Gasteiger partial charge in [-0.05, 0) is 18.1 Å². The van der Waals surface area contributed by atoms with E-state index in [1.54, 1.807) is 29.2 Å². The Morgan fingerprint density at radius 1 is 1.42 bits per heavy atom. The van der Waals surface area contributed by atoms with Gasteiger partial charge in [-0.15, -0.1) is 0 Å². The van der Waals surface area contributed by atoms with Gasteiger partial charge in [0.05, 0.1) is 24.0 Å². The number of carbonyl (C=O) groups is 3. The maximum absolute atomic E-state index is 11.8. The second-order valence-electron chi connectivity index (χ2n) is 4.54. The molecule has 1 unspecified atom stereocenters. The van der Waals surface area contributed by atoms with Crippen LogP contribution in [-0.4, -0.2) is 27.5 Å². The zero-order valence-corrected chi connectivity index (χ0v) is 10.00. The summed E-state index contributed by atoms with van der Waals surface area (Å²) in [6.45, 7) is 0. The van der Waals surface area contributed by atoms with Gasteiger partial charge in [-0.3, -0.25) is 19.7 Å². The summed E-state index contributed by atoms with van der Waals surface area (Å²) in [6, 6.07) is 1.68. The Labute approximate surface area is 108 Å². The molecule has 96 valence electrons. The third-order valence-electron chi connectivity index (χ3n) is 3.34. The van der Waals surface area contributed by atoms with Crippen molar-refractivity contribution < 1.29 is 14.4 Å². The van der Waals surface area contributed by atoms with Crippen LogP contribution < -0.4 is 5.32 Å². The average molecular weight is 257 g/mol. The molecule has 2 aromatic heterocycles. The predicted molar refractivity (Wildman–Crippen MR) is 65.7 cm³/mol. The number of aromatic nitrogens is 2. The van der Waals surface area contributed by atoms with Gasteiger partial charge in [-0.25, -0.2) is 4.98 Å². The summed E-state index contributed by atoms with van der Waals surface area (Å²) in [5.74, 6) is -0.962. The van der Waals surface area contributed by atoms with Crippen LogP contribution in [0.25, 0.3) is 5.52 Å². The summed E-state index contributed by atoms with van der Waals surface area (Å²) in [6.07, 6.45) is 6.47. The summed E-state index contributed by atoms with van der Waals surface area (Å²) >= 11 is 0. The first-order valence-corrected chi connectivity index (χ1v) is 5.93. The molecule has 2 aromatic rings. The van der Waals surface area contributed by atoms with Gasteiger partial charge in [0.1, 0.15) is 0 Å². The fourth-order valence-corrected chi connectivity index (χ4v) is 2.38. The smallest absolute Gasteiger partial charge is 0.234 e. The Morgan fingerprint density at radius 2 is 2.26 bits per heavy atom. The van der Waals surface area contributed by atoms with Crippen molar-refractivity contribution in [3.8, 4) is 0 Å². The second kappa shape index (κ2) is 4.31. The first-order valence-electron chi connectivity index (χ1n) is 5.93. The number of rotatable bonds is 2. The highest BCUT2D eigenvalue weighted by Crippen LogP contribution is 2.26. The van der Waals surface area contributed by atoms with E-state index in [2.05, 4.69) is 10.3 Å². The van der Waals surface area contributed by atoms with Gasteiger partial charge >= 0.3 is 0 Å². The number of aldehydes is 1. The van der Waals surface area contributed by atoms with Crippen LogP contribution in [-0.2, 0) is 9.59 Å². The number of hydrogen-bond acceptors (Lipinski definition) is 4. The predicted octanol–water partition coefficient (Wildman–Crippen LogP) is 0.667. The zero-order chi connectivity index (χ0) is 13.4. The minimum atomic E-state index is -0.400. The van der Waals surface area contributed by atoms with Crippen LogP contribution in [0.15, 0.2) is 24.8 Å². The van der Waals surface area contributed by atoms with Crippen molar-refractivity contribution in [1.29, 1.82) is 0 Å². The third-order valence-corrected chi connectivity index (χ3v) is 3.34. The fraction of sp³-hybridized carbons (Fsp3) is 0.231. The molecule has 0 spiro atoms. The van der Waals surface area contributed by atoms with Gasteiger partial charge < -0.3 is 4.40 Å². The molecule has 1 atom stereocenters. The van der Waals surface area contributed by atoms with Crippen LogP contribution >= 0.6 is 0 Å². The first kappa shape index (κ1) is 11.6. The van der Waals surface area contributed by atoms with Crippen LogP contribution in [0.2, 0.25) is 0 Å². The molecule has 1 aliphatic heterocycles. The first-order chi connectivity index (χ1) is 9.19. The van der Waals surface area contributed by atoms with Crippen molar-refractivity contribution in [2.24, 2.45) is 0 Å². The second-order valence-corrected chi connectivity index (χ2v) is 4.54. The van der Waals surface area contributed by atoms with Crippen LogP contribution in [0.3, 0.4) is 0 Å². The molecule has 1 saturated heterocycles. The number of pyridine rings is 1. The maximum atomic E-state index is 11.8. The third kappa shape index (κ3) is 1.91. The minimum Gasteiger partial charge on any atom is -0.305 e. The summed E-state index contributed by atoms with van der Waals surface area (Å²) in [7, 11) is 0. The van der Waals surface area contributed by atoms with Gasteiger partial charge in [0.25, 0.3) is 0 Å². The van der Waals surface area contributed by atoms with Crippen molar-refractivity contribution in [3.05, 3.63) is 35.9 Å². The normalized spacial score (nSPS) is 19.5. The number of nitrogens with one attached hydrogen (secondary N) is 1. The Morgan fingerprint density at radius 3 is 3.00 bits per heavy atom. The largest absolute Gasteiger partial charge is 0.305 e. The van der Waals surface area contributed by atoms with E-state index in [1.165, 1.54) is 0 Å². The molecule has 0 saturated carbocycles. The number of carbonyl (C=O) groups excluding carboxylic acids is 3. The van der Waals surface area contributed by atoms with E-state index in [0.29, 0.717) is 23.9 Å². The Bertz CT molecular complexity index is 689. The van der Waals surface area contributed by atoms with Gasteiger partial charge in [-0.2, -0.15) is 0 Å². The minimum absolute atomic E-state index is 0.249. The van der Waals surface area contributed by atoms with Gasteiger partial charge in [-0.1, -0.05) is 0 Å². The van der Waals surface area contributed by atoms with E-state index in [1.807, 2.05) is 0 Å². The fourth-order valence-electron chi connectivity index (χ4n) is 2.38. The van der Waals surface area contributed by atoms with Gasteiger partial charge in [0, 0.05) is 18.2 Å². The van der Waals surface area contributed by atoms with E-state index in [4.69, 9.17) is 0 Å². The van der Waals surface area contributed by atoms with Crippen LogP contribution in [0, 0.1) is 0 Å². The molecule has 1 N–H and O–H groups in total. The van der Waals surface area contributed by atoms with E-state index in [9.17, 15) is 14.4 Å². The average Bonchev–Trinajstić information content (AvgIpc) is 2.85. The highest BCUT2D eigenvalue weighted by Gasteiger charge is 2.28. The van der Waals surface area contributed by atoms with Crippen LogP contribution in [0.4, 0.5) is 0 Å². The molecule has 0 aliphatic carbocycles. The highest BCUT2D eigenvalue weighted by molar-refractivity contribution is 6.01. The molecule has 0 aromatic carbocycles. The van der Waals surface area contributed by atoms with E-state index < -0.39 is 5.92 Å². The number of fused-ring (bicyclic) bond motifs is 1. The summed E-state index contributed by atoms with van der Waals surface area (Å²) < 4.78 is 1.71. The lowest BCUT2D eigenvalue weighted by Crippen LogP contribution is -2.39. The number of imide groups is 1. The molecule has 3 rings (SSSR count). The van der Waals surface area contributed by atoms with Crippen molar-refractivity contribution in [2.45, 2.75) is 18.8 Å². The van der Waals surface area contributed by atoms with E-state index >= 15 is 0 Å². The van der Waals surface area contributed by atoms with Crippen molar-refractivity contribution >= 4 is 23.6 Å². The van der Waals surface area contributed by atoms with Crippen molar-refractivity contribution in [3.63, 3.8) is 0 Å². The quantitative estimate of drug-likeness (QED) is 0.633. The van der Waals surface area contributed by atoms with Crippen LogP contribution in [0.1, 0.15) is 34.7 Å². The Kier molecular flexibility index (Phi) is 2.63.